The Morgan fingerprint density at radius 2 is 1.61 bits per heavy atom. The van der Waals surface area contributed by atoms with Gasteiger partial charge in [0.15, 0.2) is 0 Å². The van der Waals surface area contributed by atoms with Gasteiger partial charge in [-0.25, -0.2) is 4.98 Å². The summed E-state index contributed by atoms with van der Waals surface area (Å²) in [4.78, 5) is 15.8. The average molecular weight is 496 g/mol. The van der Waals surface area contributed by atoms with Crippen molar-refractivity contribution in [2.75, 3.05) is 0 Å². The van der Waals surface area contributed by atoms with Gasteiger partial charge < -0.3 is 9.84 Å². The molecule has 0 fully saturated rings. The van der Waals surface area contributed by atoms with Crippen molar-refractivity contribution in [2.45, 2.75) is 26.0 Å². The Labute approximate surface area is 213 Å². The zero-order valence-corrected chi connectivity index (χ0v) is 20.4. The summed E-state index contributed by atoms with van der Waals surface area (Å²) < 4.78 is 7.82. The van der Waals surface area contributed by atoms with Crippen molar-refractivity contribution in [1.29, 1.82) is 0 Å². The number of thiazole rings is 1. The molecule has 0 spiro atoms. The van der Waals surface area contributed by atoms with Crippen LogP contribution in [0.3, 0.4) is 0 Å². The van der Waals surface area contributed by atoms with Gasteiger partial charge in [-0.3, -0.25) is 9.48 Å². The van der Waals surface area contributed by atoms with Crippen LogP contribution in [0.4, 0.5) is 0 Å². The Kier molecular flexibility index (Phi) is 7.19. The van der Waals surface area contributed by atoms with Crippen molar-refractivity contribution < 1.29 is 14.6 Å². The first-order chi connectivity index (χ1) is 17.6. The number of carboxylic acids is 1. The molecule has 6 nitrogen and oxygen atoms in total. The number of hydrogen-bond donors (Lipinski definition) is 1. The van der Waals surface area contributed by atoms with Crippen molar-refractivity contribution in [3.8, 4) is 27.6 Å². The van der Waals surface area contributed by atoms with Crippen molar-refractivity contribution >= 4 is 17.3 Å². The van der Waals surface area contributed by atoms with E-state index in [1.807, 2.05) is 89.1 Å². The van der Waals surface area contributed by atoms with E-state index in [1.54, 1.807) is 11.3 Å². The molecular formula is C29H25N3O3S. The summed E-state index contributed by atoms with van der Waals surface area (Å²) >= 11 is 1.61. The molecule has 2 heterocycles. The molecule has 0 aliphatic heterocycles. The van der Waals surface area contributed by atoms with Crippen LogP contribution in [0.1, 0.15) is 23.2 Å². The van der Waals surface area contributed by atoms with E-state index >= 15 is 0 Å². The number of ether oxygens (including phenoxy) is 1. The van der Waals surface area contributed by atoms with Crippen LogP contribution in [0.5, 0.6) is 5.75 Å². The number of aliphatic carboxylic acids is 1. The lowest BCUT2D eigenvalue weighted by Crippen LogP contribution is -2.01. The molecule has 0 amide bonds. The molecule has 5 rings (SSSR count). The van der Waals surface area contributed by atoms with Crippen LogP contribution in [0.25, 0.3) is 21.8 Å². The molecule has 0 radical (unpaired) electrons. The summed E-state index contributed by atoms with van der Waals surface area (Å²) in [5.41, 5.74) is 5.84. The van der Waals surface area contributed by atoms with Crippen LogP contribution in [-0.4, -0.2) is 25.8 Å². The molecular weight excluding hydrogens is 470 g/mol. The lowest BCUT2D eigenvalue weighted by molar-refractivity contribution is -0.136. The number of aromatic nitrogens is 3. The first-order valence-electron chi connectivity index (χ1n) is 11.7. The van der Waals surface area contributed by atoms with Gasteiger partial charge in [0.25, 0.3) is 0 Å². The van der Waals surface area contributed by atoms with E-state index in [0.29, 0.717) is 19.6 Å². The highest BCUT2D eigenvalue weighted by molar-refractivity contribution is 7.13. The summed E-state index contributed by atoms with van der Waals surface area (Å²) in [5, 5.41) is 16.9. The van der Waals surface area contributed by atoms with Gasteiger partial charge in [0.2, 0.25) is 0 Å². The molecule has 0 aliphatic rings. The molecule has 0 saturated heterocycles. The highest BCUT2D eigenvalue weighted by atomic mass is 32.1. The van der Waals surface area contributed by atoms with E-state index < -0.39 is 5.97 Å². The van der Waals surface area contributed by atoms with Gasteiger partial charge in [-0.1, -0.05) is 72.8 Å². The van der Waals surface area contributed by atoms with Crippen LogP contribution in [0.2, 0.25) is 0 Å². The van der Waals surface area contributed by atoms with Crippen LogP contribution in [-0.2, 0) is 24.4 Å². The first-order valence-corrected chi connectivity index (χ1v) is 12.6. The fourth-order valence-electron chi connectivity index (χ4n) is 3.93. The molecule has 2 aromatic heterocycles. The lowest BCUT2D eigenvalue weighted by atomic mass is 10.0. The molecule has 7 heteroatoms. The molecule has 0 bridgehead atoms. The monoisotopic (exact) mass is 495 g/mol. The third-order valence-corrected chi connectivity index (χ3v) is 6.66. The van der Waals surface area contributed by atoms with E-state index in [0.717, 1.165) is 44.4 Å². The second kappa shape index (κ2) is 11.0. The third-order valence-electron chi connectivity index (χ3n) is 5.72. The number of benzene rings is 3. The van der Waals surface area contributed by atoms with Gasteiger partial charge >= 0.3 is 5.97 Å². The predicted octanol–water partition coefficient (Wildman–Crippen LogP) is 6.32. The largest absolute Gasteiger partial charge is 0.487 e. The molecule has 5 aromatic rings. The van der Waals surface area contributed by atoms with Crippen LogP contribution in [0.15, 0.2) is 96.5 Å². The zero-order chi connectivity index (χ0) is 24.7. The number of rotatable bonds is 10. The minimum atomic E-state index is -0.814. The number of nitrogens with zero attached hydrogens (tertiary/aromatic N) is 3. The summed E-state index contributed by atoms with van der Waals surface area (Å²) in [5.74, 6) is -0.0353. The fraction of sp³-hybridized carbons (Fsp3) is 0.138. The Morgan fingerprint density at radius 1 is 0.917 bits per heavy atom. The standard InChI is InChI=1S/C29H25N3O3S/c33-27(34)16-13-24-18-32(31-28(24)22-7-3-1-4-8-22)17-21-11-14-26(15-12-21)35-19-25-20-36-29(30-25)23-9-5-2-6-10-23/h1-12,14-15,18,20H,13,16-17,19H2,(H,33,34). The third kappa shape index (κ3) is 5.87. The van der Waals surface area contributed by atoms with Gasteiger partial charge in [0, 0.05) is 29.1 Å². The number of carboxylic acid groups (broad SMARTS) is 1. The first kappa shape index (κ1) is 23.5. The topological polar surface area (TPSA) is 77.2 Å². The van der Waals surface area contributed by atoms with E-state index in [9.17, 15) is 4.79 Å². The molecule has 180 valence electrons. The Balaban J connectivity index is 1.23. The molecule has 3 aromatic carbocycles. The van der Waals surface area contributed by atoms with Gasteiger partial charge in [-0.05, 0) is 29.7 Å². The maximum atomic E-state index is 11.1. The van der Waals surface area contributed by atoms with E-state index in [2.05, 4.69) is 17.1 Å². The van der Waals surface area contributed by atoms with E-state index in [4.69, 9.17) is 14.9 Å². The molecule has 36 heavy (non-hydrogen) atoms. The maximum absolute atomic E-state index is 11.1. The van der Waals surface area contributed by atoms with E-state index in [1.165, 1.54) is 0 Å². The smallest absolute Gasteiger partial charge is 0.303 e. The lowest BCUT2D eigenvalue weighted by Gasteiger charge is -2.06. The van der Waals surface area contributed by atoms with Crippen molar-refractivity contribution in [3.63, 3.8) is 0 Å². The summed E-state index contributed by atoms with van der Waals surface area (Å²) in [6, 6.07) is 27.9. The molecule has 0 unspecified atom stereocenters. The van der Waals surface area contributed by atoms with Crippen LogP contribution < -0.4 is 4.74 Å². The van der Waals surface area contributed by atoms with Crippen LogP contribution in [0, 0.1) is 0 Å². The number of carbonyl (C=O) groups is 1. The average Bonchev–Trinajstić information content (AvgIpc) is 3.55. The van der Waals surface area contributed by atoms with Crippen LogP contribution >= 0.6 is 11.3 Å². The van der Waals surface area contributed by atoms with Crippen molar-refractivity contribution in [3.05, 3.63) is 113 Å². The Hall–Kier alpha value is -4.23. The fourth-order valence-corrected chi connectivity index (χ4v) is 4.74. The highest BCUT2D eigenvalue weighted by Crippen LogP contribution is 2.25. The minimum Gasteiger partial charge on any atom is -0.487 e. The van der Waals surface area contributed by atoms with Gasteiger partial charge in [0.05, 0.1) is 17.9 Å². The second-order valence-electron chi connectivity index (χ2n) is 8.40. The Morgan fingerprint density at radius 3 is 2.31 bits per heavy atom. The summed E-state index contributed by atoms with van der Waals surface area (Å²) in [7, 11) is 0. The van der Waals surface area contributed by atoms with E-state index in [-0.39, 0.29) is 6.42 Å². The van der Waals surface area contributed by atoms with Gasteiger partial charge in [-0.2, -0.15) is 5.10 Å². The zero-order valence-electron chi connectivity index (χ0n) is 19.6. The van der Waals surface area contributed by atoms with Gasteiger partial charge in [-0.15, -0.1) is 11.3 Å². The summed E-state index contributed by atoms with van der Waals surface area (Å²) in [6.07, 6.45) is 2.46. The highest BCUT2D eigenvalue weighted by Gasteiger charge is 2.13. The predicted molar refractivity (Wildman–Crippen MR) is 141 cm³/mol. The molecule has 0 atom stereocenters. The number of aryl methyl sites for hydroxylation is 1. The SMILES string of the molecule is O=C(O)CCc1cn(Cc2ccc(OCc3csc(-c4ccccc4)n3)cc2)nc1-c1ccccc1. The second-order valence-corrected chi connectivity index (χ2v) is 9.26. The van der Waals surface area contributed by atoms with Crippen molar-refractivity contribution in [1.82, 2.24) is 14.8 Å². The molecule has 0 aliphatic carbocycles. The van der Waals surface area contributed by atoms with Crippen molar-refractivity contribution in [2.24, 2.45) is 0 Å². The van der Waals surface area contributed by atoms with Gasteiger partial charge in [0.1, 0.15) is 17.4 Å². The quantitative estimate of drug-likeness (QED) is 0.245. The maximum Gasteiger partial charge on any atom is 0.303 e. The summed E-state index contributed by atoms with van der Waals surface area (Å²) in [6.45, 7) is 0.995. The normalized spacial score (nSPS) is 10.9. The minimum absolute atomic E-state index is 0.0728. The Bertz CT molecular complexity index is 1430. The molecule has 0 saturated carbocycles. The number of hydrogen-bond acceptors (Lipinski definition) is 5. The molecule has 1 N–H and O–H groups in total.